The van der Waals surface area contributed by atoms with Gasteiger partial charge >= 0.3 is 0 Å². The first kappa shape index (κ1) is 24.8. The monoisotopic (exact) mass is 552 g/mol. The first-order valence-corrected chi connectivity index (χ1v) is 12.0. The van der Waals surface area contributed by atoms with Gasteiger partial charge in [-0.05, 0) is 44.7 Å². The predicted octanol–water partition coefficient (Wildman–Crippen LogP) is 3.85. The van der Waals surface area contributed by atoms with Crippen LogP contribution in [0.5, 0.6) is 0 Å². The molecule has 176 valence electrons. The molecule has 0 bridgehead atoms. The molecule has 1 amide bonds. The van der Waals surface area contributed by atoms with Gasteiger partial charge in [-0.15, -0.1) is 24.0 Å². The number of aromatic amines is 1. The van der Waals surface area contributed by atoms with Crippen molar-refractivity contribution in [3.8, 4) is 0 Å². The van der Waals surface area contributed by atoms with Crippen molar-refractivity contribution in [2.75, 3.05) is 26.2 Å². The number of halogens is 1. The molecule has 32 heavy (non-hydrogen) atoms. The minimum atomic E-state index is 0. The molecular weight excluding hydrogens is 515 g/mol. The van der Waals surface area contributed by atoms with E-state index in [4.69, 9.17) is 4.99 Å². The average Bonchev–Trinajstić information content (AvgIpc) is 3.43. The van der Waals surface area contributed by atoms with Crippen LogP contribution in [0, 0.1) is 5.92 Å². The number of carbonyl (C=O) groups excluding carboxylic acids is 1. The van der Waals surface area contributed by atoms with Gasteiger partial charge < -0.3 is 20.5 Å². The van der Waals surface area contributed by atoms with Gasteiger partial charge in [-0.3, -0.25) is 9.79 Å². The van der Waals surface area contributed by atoms with Gasteiger partial charge in [0.1, 0.15) is 5.82 Å². The molecule has 1 aliphatic carbocycles. The zero-order valence-electron chi connectivity index (χ0n) is 19.1. The van der Waals surface area contributed by atoms with E-state index in [1.165, 1.54) is 19.3 Å². The smallest absolute Gasteiger partial charge is 0.225 e. The number of para-hydroxylation sites is 2. The fraction of sp³-hybridized carbons (Fsp3) is 0.625. The molecule has 0 spiro atoms. The van der Waals surface area contributed by atoms with Crippen LogP contribution in [0.15, 0.2) is 29.3 Å². The summed E-state index contributed by atoms with van der Waals surface area (Å²) in [6.45, 7) is 5.30. The fourth-order valence-electron chi connectivity index (χ4n) is 4.76. The molecule has 1 atom stereocenters. The molecule has 4 rings (SSSR count). The molecule has 2 heterocycles. The number of amides is 1. The number of rotatable bonds is 7. The molecule has 1 saturated carbocycles. The quantitative estimate of drug-likeness (QED) is 0.211. The first-order valence-electron chi connectivity index (χ1n) is 12.0. The van der Waals surface area contributed by atoms with E-state index >= 15 is 0 Å². The van der Waals surface area contributed by atoms with E-state index in [1.807, 2.05) is 18.2 Å². The Labute approximate surface area is 208 Å². The van der Waals surface area contributed by atoms with Crippen molar-refractivity contribution in [2.24, 2.45) is 10.9 Å². The lowest BCUT2D eigenvalue weighted by atomic mass is 9.88. The number of hydrogen-bond acceptors (Lipinski definition) is 3. The number of fused-ring (bicyclic) bond motifs is 1. The maximum atomic E-state index is 12.8. The number of aryl methyl sites for hydroxylation is 1. The highest BCUT2D eigenvalue weighted by molar-refractivity contribution is 14.0. The summed E-state index contributed by atoms with van der Waals surface area (Å²) in [6.07, 6.45) is 8.65. The summed E-state index contributed by atoms with van der Waals surface area (Å²) < 4.78 is 0. The van der Waals surface area contributed by atoms with Crippen molar-refractivity contribution in [2.45, 2.75) is 64.3 Å². The van der Waals surface area contributed by atoms with Crippen LogP contribution in [0.1, 0.15) is 57.7 Å². The van der Waals surface area contributed by atoms with Gasteiger partial charge in [0, 0.05) is 44.6 Å². The summed E-state index contributed by atoms with van der Waals surface area (Å²) in [4.78, 5) is 27.7. The first-order chi connectivity index (χ1) is 15.2. The second-order valence-corrected chi connectivity index (χ2v) is 8.81. The van der Waals surface area contributed by atoms with Gasteiger partial charge in [0.15, 0.2) is 5.96 Å². The van der Waals surface area contributed by atoms with E-state index in [-0.39, 0.29) is 35.9 Å². The van der Waals surface area contributed by atoms with Crippen molar-refractivity contribution in [3.63, 3.8) is 0 Å². The number of aliphatic imine (C=N–C) groups is 1. The molecule has 1 aromatic carbocycles. The summed E-state index contributed by atoms with van der Waals surface area (Å²) in [5, 5.41) is 6.90. The standard InChI is InChI=1S/C24H36N6O.HI/c1-2-25-24(26-15-8-13-22-28-20-11-6-7-12-21(20)29-22)27-19-14-16-30(17-19)23(31)18-9-4-3-5-10-18;/h6-7,11-12,18-19H,2-5,8-10,13-17H2,1H3,(H,28,29)(H2,25,26,27);1H. The van der Waals surface area contributed by atoms with Crippen LogP contribution in [0.2, 0.25) is 0 Å². The molecule has 2 fully saturated rings. The maximum Gasteiger partial charge on any atom is 0.225 e. The zero-order valence-corrected chi connectivity index (χ0v) is 21.4. The largest absolute Gasteiger partial charge is 0.357 e. The Hall–Kier alpha value is -1.84. The van der Waals surface area contributed by atoms with Crippen molar-refractivity contribution in [3.05, 3.63) is 30.1 Å². The molecular formula is C24H37IN6O. The third-order valence-electron chi connectivity index (χ3n) is 6.42. The third-order valence-corrected chi connectivity index (χ3v) is 6.42. The minimum absolute atomic E-state index is 0. The van der Waals surface area contributed by atoms with Crippen LogP contribution in [0.25, 0.3) is 11.0 Å². The number of nitrogens with one attached hydrogen (secondary N) is 3. The molecule has 1 unspecified atom stereocenters. The molecule has 8 heteroatoms. The summed E-state index contributed by atoms with van der Waals surface area (Å²) >= 11 is 0. The van der Waals surface area contributed by atoms with Crippen LogP contribution in [0.3, 0.4) is 0 Å². The lowest BCUT2D eigenvalue weighted by Crippen LogP contribution is -2.45. The number of imidazole rings is 1. The molecule has 2 aliphatic rings. The average molecular weight is 553 g/mol. The third kappa shape index (κ3) is 6.59. The number of H-pyrrole nitrogens is 1. The van der Waals surface area contributed by atoms with Crippen molar-refractivity contribution in [1.82, 2.24) is 25.5 Å². The van der Waals surface area contributed by atoms with Crippen LogP contribution in [-0.4, -0.2) is 59.0 Å². The van der Waals surface area contributed by atoms with Crippen molar-refractivity contribution in [1.29, 1.82) is 0 Å². The molecule has 7 nitrogen and oxygen atoms in total. The highest BCUT2D eigenvalue weighted by Gasteiger charge is 2.31. The molecule has 2 aromatic rings. The highest BCUT2D eigenvalue weighted by Crippen LogP contribution is 2.26. The number of guanidine groups is 1. The van der Waals surface area contributed by atoms with Gasteiger partial charge in [0.25, 0.3) is 0 Å². The summed E-state index contributed by atoms with van der Waals surface area (Å²) in [5.41, 5.74) is 2.11. The van der Waals surface area contributed by atoms with Gasteiger partial charge in [-0.25, -0.2) is 4.98 Å². The van der Waals surface area contributed by atoms with E-state index in [2.05, 4.69) is 38.5 Å². The summed E-state index contributed by atoms with van der Waals surface area (Å²) in [6, 6.07) is 8.40. The number of nitrogens with zero attached hydrogens (tertiary/aromatic N) is 3. The van der Waals surface area contributed by atoms with Crippen LogP contribution < -0.4 is 10.6 Å². The van der Waals surface area contributed by atoms with Gasteiger partial charge in [0.2, 0.25) is 5.91 Å². The predicted molar refractivity (Wildman–Crippen MR) is 141 cm³/mol. The number of likely N-dealkylation sites (tertiary alicyclic amines) is 1. The SMILES string of the molecule is CCNC(=NCCCc1nc2ccccc2[nH]1)NC1CCN(C(=O)C2CCCCC2)C1.I. The Morgan fingerprint density at radius 2 is 2.03 bits per heavy atom. The number of hydrogen-bond donors (Lipinski definition) is 3. The number of benzene rings is 1. The lowest BCUT2D eigenvalue weighted by Gasteiger charge is -2.26. The highest BCUT2D eigenvalue weighted by atomic mass is 127. The van der Waals surface area contributed by atoms with E-state index in [0.29, 0.717) is 5.91 Å². The molecule has 1 aromatic heterocycles. The van der Waals surface area contributed by atoms with Gasteiger partial charge in [-0.2, -0.15) is 0 Å². The Morgan fingerprint density at radius 1 is 1.22 bits per heavy atom. The van der Waals surface area contributed by atoms with Gasteiger partial charge in [-0.1, -0.05) is 31.4 Å². The number of aromatic nitrogens is 2. The normalized spacial score (nSPS) is 19.7. The lowest BCUT2D eigenvalue weighted by molar-refractivity contribution is -0.135. The van der Waals surface area contributed by atoms with E-state index < -0.39 is 0 Å². The molecule has 3 N–H and O–H groups in total. The second-order valence-electron chi connectivity index (χ2n) is 8.81. The second kappa shape index (κ2) is 12.4. The molecule has 0 radical (unpaired) electrons. The van der Waals surface area contributed by atoms with Crippen molar-refractivity contribution < 1.29 is 4.79 Å². The Morgan fingerprint density at radius 3 is 2.81 bits per heavy atom. The molecule has 1 aliphatic heterocycles. The Kier molecular flexibility index (Phi) is 9.62. The van der Waals surface area contributed by atoms with Crippen LogP contribution >= 0.6 is 24.0 Å². The summed E-state index contributed by atoms with van der Waals surface area (Å²) in [5.74, 6) is 2.50. The van der Waals surface area contributed by atoms with Crippen molar-refractivity contribution >= 4 is 46.9 Å². The van der Waals surface area contributed by atoms with Crippen LogP contribution in [-0.2, 0) is 11.2 Å². The van der Waals surface area contributed by atoms with Gasteiger partial charge in [0.05, 0.1) is 11.0 Å². The fourth-order valence-corrected chi connectivity index (χ4v) is 4.76. The molecule has 1 saturated heterocycles. The maximum absolute atomic E-state index is 12.8. The van der Waals surface area contributed by atoms with E-state index in [1.54, 1.807) is 0 Å². The number of carbonyl (C=O) groups is 1. The zero-order chi connectivity index (χ0) is 21.5. The Balaban J connectivity index is 0.00000289. The topological polar surface area (TPSA) is 85.4 Å². The summed E-state index contributed by atoms with van der Waals surface area (Å²) in [7, 11) is 0. The minimum Gasteiger partial charge on any atom is -0.357 e. The van der Waals surface area contributed by atoms with Crippen LogP contribution in [0.4, 0.5) is 0 Å². The Bertz CT molecular complexity index is 858. The van der Waals surface area contributed by atoms with E-state index in [0.717, 1.165) is 81.1 Å². The van der Waals surface area contributed by atoms with E-state index in [9.17, 15) is 4.79 Å².